The molecule has 2 aromatic rings. The van der Waals surface area contributed by atoms with Gasteiger partial charge in [-0.25, -0.2) is 0 Å². The van der Waals surface area contributed by atoms with E-state index in [1.54, 1.807) is 0 Å². The van der Waals surface area contributed by atoms with Crippen LogP contribution in [0.4, 0.5) is 0 Å². The minimum Gasteiger partial charge on any atom is -0.303 e. The zero-order valence-electron chi connectivity index (χ0n) is 13.8. The fraction of sp³-hybridized carbons (Fsp3) is 0.381. The van der Waals surface area contributed by atoms with Crippen molar-refractivity contribution in [2.45, 2.75) is 25.2 Å². The number of hydrogen-bond acceptors (Lipinski definition) is 2. The summed E-state index contributed by atoms with van der Waals surface area (Å²) in [5.74, 6) is 0.356. The fourth-order valence-electron chi connectivity index (χ4n) is 3.67. The summed E-state index contributed by atoms with van der Waals surface area (Å²) in [6, 6.07) is 23.3. The van der Waals surface area contributed by atoms with Crippen LogP contribution in [-0.2, 0) is 5.41 Å². The van der Waals surface area contributed by atoms with E-state index in [-0.39, 0.29) is 0 Å². The van der Waals surface area contributed by atoms with E-state index in [2.05, 4.69) is 42.2 Å². The maximum atomic E-state index is 10.2. The monoisotopic (exact) mass is 304 g/mol. The van der Waals surface area contributed by atoms with Gasteiger partial charge in [0.1, 0.15) is 5.41 Å². The molecule has 1 aliphatic rings. The van der Waals surface area contributed by atoms with Crippen molar-refractivity contribution in [2.75, 3.05) is 19.6 Å². The standard InChI is InChI=1S/C21H24N2/c1-2-3-14-23-15-20(16-23)21(17-22,18-10-6-4-7-11-18)19-12-8-5-9-13-19/h4-13,20H,2-3,14-16H2,1H3. The molecule has 1 saturated heterocycles. The third-order valence-electron chi connectivity index (χ3n) is 5.03. The van der Waals surface area contributed by atoms with Crippen LogP contribution in [0, 0.1) is 17.2 Å². The molecule has 0 unspecified atom stereocenters. The first kappa shape index (κ1) is 15.8. The summed E-state index contributed by atoms with van der Waals surface area (Å²) in [6.07, 6.45) is 2.46. The van der Waals surface area contributed by atoms with E-state index < -0.39 is 5.41 Å². The molecule has 0 aromatic heterocycles. The summed E-state index contributed by atoms with van der Waals surface area (Å²) in [5, 5.41) is 10.2. The van der Waals surface area contributed by atoms with E-state index in [0.717, 1.165) is 30.8 Å². The van der Waals surface area contributed by atoms with Crippen LogP contribution < -0.4 is 0 Å². The quantitative estimate of drug-likeness (QED) is 0.798. The summed E-state index contributed by atoms with van der Waals surface area (Å²) in [4.78, 5) is 2.48. The summed E-state index contributed by atoms with van der Waals surface area (Å²) < 4.78 is 0. The molecule has 3 rings (SSSR count). The van der Waals surface area contributed by atoms with Crippen LogP contribution >= 0.6 is 0 Å². The number of rotatable bonds is 6. The maximum absolute atomic E-state index is 10.2. The van der Waals surface area contributed by atoms with Gasteiger partial charge in [-0.05, 0) is 24.1 Å². The first-order chi connectivity index (χ1) is 11.3. The second-order valence-corrected chi connectivity index (χ2v) is 6.46. The molecule has 0 saturated carbocycles. The molecular weight excluding hydrogens is 280 g/mol. The molecule has 0 radical (unpaired) electrons. The summed E-state index contributed by atoms with van der Waals surface area (Å²) in [5.41, 5.74) is 1.70. The zero-order valence-corrected chi connectivity index (χ0v) is 13.8. The van der Waals surface area contributed by atoms with Gasteiger partial charge in [0.15, 0.2) is 0 Å². The van der Waals surface area contributed by atoms with Crippen molar-refractivity contribution < 1.29 is 0 Å². The van der Waals surface area contributed by atoms with E-state index >= 15 is 0 Å². The Balaban J connectivity index is 1.94. The Labute approximate surface area is 139 Å². The minimum atomic E-state index is -0.536. The molecule has 0 amide bonds. The second kappa shape index (κ2) is 6.98. The molecule has 23 heavy (non-hydrogen) atoms. The Morgan fingerprint density at radius 2 is 1.52 bits per heavy atom. The lowest BCUT2D eigenvalue weighted by atomic mass is 9.64. The van der Waals surface area contributed by atoms with E-state index in [9.17, 15) is 5.26 Å². The third-order valence-corrected chi connectivity index (χ3v) is 5.03. The zero-order chi connectivity index (χ0) is 16.1. The highest BCUT2D eigenvalue weighted by molar-refractivity contribution is 5.47. The topological polar surface area (TPSA) is 27.0 Å². The number of nitrogens with zero attached hydrogens (tertiary/aromatic N) is 2. The van der Waals surface area contributed by atoms with Crippen molar-refractivity contribution in [3.63, 3.8) is 0 Å². The molecule has 2 nitrogen and oxygen atoms in total. The molecule has 0 aliphatic carbocycles. The Bertz CT molecular complexity index is 612. The molecule has 0 atom stereocenters. The van der Waals surface area contributed by atoms with Crippen molar-refractivity contribution >= 4 is 0 Å². The van der Waals surface area contributed by atoms with Crippen LogP contribution in [0.15, 0.2) is 60.7 Å². The predicted octanol–water partition coefficient (Wildman–Crippen LogP) is 4.23. The molecule has 1 fully saturated rings. The van der Waals surface area contributed by atoms with Crippen LogP contribution in [0.2, 0.25) is 0 Å². The summed E-state index contributed by atoms with van der Waals surface area (Å²) >= 11 is 0. The first-order valence-corrected chi connectivity index (χ1v) is 8.56. The van der Waals surface area contributed by atoms with Crippen molar-refractivity contribution in [3.05, 3.63) is 71.8 Å². The molecule has 0 spiro atoms. The van der Waals surface area contributed by atoms with Crippen LogP contribution in [0.5, 0.6) is 0 Å². The van der Waals surface area contributed by atoms with Gasteiger partial charge in [0, 0.05) is 19.0 Å². The van der Waals surface area contributed by atoms with Crippen molar-refractivity contribution in [1.29, 1.82) is 5.26 Å². The van der Waals surface area contributed by atoms with E-state index in [1.165, 1.54) is 12.8 Å². The lowest BCUT2D eigenvalue weighted by molar-refractivity contribution is 0.0693. The Morgan fingerprint density at radius 3 is 1.96 bits per heavy atom. The SMILES string of the molecule is CCCCN1CC(C(C#N)(c2ccccc2)c2ccccc2)C1. The second-order valence-electron chi connectivity index (χ2n) is 6.46. The number of likely N-dealkylation sites (tertiary alicyclic amines) is 1. The maximum Gasteiger partial charge on any atom is 0.112 e. The minimum absolute atomic E-state index is 0.356. The predicted molar refractivity (Wildman–Crippen MR) is 94.1 cm³/mol. The summed E-state index contributed by atoms with van der Waals surface area (Å²) in [7, 11) is 0. The number of benzene rings is 2. The van der Waals surface area contributed by atoms with Crippen LogP contribution in [0.25, 0.3) is 0 Å². The molecule has 2 heteroatoms. The van der Waals surface area contributed by atoms with Gasteiger partial charge in [-0.2, -0.15) is 5.26 Å². The molecule has 2 aromatic carbocycles. The molecule has 0 N–H and O–H groups in total. The van der Waals surface area contributed by atoms with Gasteiger partial charge in [-0.1, -0.05) is 74.0 Å². The lowest BCUT2D eigenvalue weighted by Crippen LogP contribution is -2.56. The van der Waals surface area contributed by atoms with Gasteiger partial charge in [0.25, 0.3) is 0 Å². The number of nitriles is 1. The normalized spacial score (nSPS) is 15.8. The van der Waals surface area contributed by atoms with Gasteiger partial charge in [0.05, 0.1) is 6.07 Å². The van der Waals surface area contributed by atoms with E-state index in [1.807, 2.05) is 36.4 Å². The smallest absolute Gasteiger partial charge is 0.112 e. The van der Waals surface area contributed by atoms with Gasteiger partial charge in [0.2, 0.25) is 0 Å². The van der Waals surface area contributed by atoms with Crippen molar-refractivity contribution in [3.8, 4) is 6.07 Å². The molecule has 0 bridgehead atoms. The fourth-order valence-corrected chi connectivity index (χ4v) is 3.67. The number of unbranched alkanes of at least 4 members (excludes halogenated alkanes) is 1. The van der Waals surface area contributed by atoms with Gasteiger partial charge >= 0.3 is 0 Å². The number of hydrogen-bond donors (Lipinski definition) is 0. The molecular formula is C21H24N2. The first-order valence-electron chi connectivity index (χ1n) is 8.56. The highest BCUT2D eigenvalue weighted by Crippen LogP contribution is 2.43. The lowest BCUT2D eigenvalue weighted by Gasteiger charge is -2.48. The Morgan fingerprint density at radius 1 is 1.00 bits per heavy atom. The highest BCUT2D eigenvalue weighted by Gasteiger charge is 2.47. The van der Waals surface area contributed by atoms with Crippen molar-refractivity contribution in [2.24, 2.45) is 5.92 Å². The summed E-state index contributed by atoms with van der Waals surface area (Å²) in [6.45, 7) is 5.40. The Hall–Kier alpha value is -2.11. The van der Waals surface area contributed by atoms with Crippen LogP contribution in [0.1, 0.15) is 30.9 Å². The van der Waals surface area contributed by atoms with Crippen molar-refractivity contribution in [1.82, 2.24) is 4.90 Å². The van der Waals surface area contributed by atoms with Crippen LogP contribution in [-0.4, -0.2) is 24.5 Å². The largest absolute Gasteiger partial charge is 0.303 e. The average molecular weight is 304 g/mol. The Kier molecular flexibility index (Phi) is 4.79. The van der Waals surface area contributed by atoms with Crippen LogP contribution in [0.3, 0.4) is 0 Å². The highest BCUT2D eigenvalue weighted by atomic mass is 15.2. The molecule has 118 valence electrons. The third kappa shape index (κ3) is 2.90. The van der Waals surface area contributed by atoms with Gasteiger partial charge < -0.3 is 4.90 Å². The van der Waals surface area contributed by atoms with E-state index in [4.69, 9.17) is 0 Å². The molecule has 1 aliphatic heterocycles. The van der Waals surface area contributed by atoms with E-state index in [0.29, 0.717) is 5.92 Å². The average Bonchev–Trinajstić information content (AvgIpc) is 2.59. The molecule has 1 heterocycles. The van der Waals surface area contributed by atoms with Gasteiger partial charge in [-0.3, -0.25) is 0 Å². The van der Waals surface area contributed by atoms with Gasteiger partial charge in [-0.15, -0.1) is 0 Å².